The van der Waals surface area contributed by atoms with Crippen LogP contribution in [0.5, 0.6) is 11.5 Å². The summed E-state index contributed by atoms with van der Waals surface area (Å²) in [4.78, 5) is 11.9. The molecule has 1 aromatic carbocycles. The first kappa shape index (κ1) is 13.5. The highest BCUT2D eigenvalue weighted by Crippen LogP contribution is 2.39. The van der Waals surface area contributed by atoms with Gasteiger partial charge >= 0.3 is 0 Å². The first-order valence-electron chi connectivity index (χ1n) is 6.74. The molecule has 0 unspecified atom stereocenters. The lowest BCUT2D eigenvalue weighted by atomic mass is 10.1. The maximum absolute atomic E-state index is 11.9. The molecule has 0 saturated heterocycles. The Labute approximate surface area is 122 Å². The zero-order valence-corrected chi connectivity index (χ0v) is 11.8. The summed E-state index contributed by atoms with van der Waals surface area (Å²) in [6.07, 6.45) is 3.12. The van der Waals surface area contributed by atoms with Crippen molar-refractivity contribution < 1.29 is 14.3 Å². The van der Waals surface area contributed by atoms with E-state index in [1.54, 1.807) is 12.1 Å². The van der Waals surface area contributed by atoms with Crippen molar-refractivity contribution in [2.75, 3.05) is 18.5 Å². The summed E-state index contributed by atoms with van der Waals surface area (Å²) in [6.45, 7) is 1.01. The number of halogens is 1. The molecule has 3 N–H and O–H groups in total. The van der Waals surface area contributed by atoms with Crippen LogP contribution in [0.4, 0.5) is 5.69 Å². The monoisotopic (exact) mass is 296 g/mol. The number of hydrogen-bond donors (Lipinski definition) is 2. The van der Waals surface area contributed by atoms with Crippen LogP contribution in [0.15, 0.2) is 12.1 Å². The molecule has 1 amide bonds. The van der Waals surface area contributed by atoms with E-state index in [1.807, 2.05) is 0 Å². The van der Waals surface area contributed by atoms with Crippen molar-refractivity contribution in [1.82, 2.24) is 0 Å². The van der Waals surface area contributed by atoms with E-state index in [4.69, 9.17) is 26.8 Å². The zero-order chi connectivity index (χ0) is 14.2. The largest absolute Gasteiger partial charge is 0.486 e. The second-order valence-electron chi connectivity index (χ2n) is 5.39. The quantitative estimate of drug-likeness (QED) is 0.894. The van der Waals surface area contributed by atoms with Crippen LogP contribution in [-0.4, -0.2) is 24.7 Å². The van der Waals surface area contributed by atoms with Crippen LogP contribution in [-0.2, 0) is 4.79 Å². The molecule has 1 aliphatic heterocycles. The van der Waals surface area contributed by atoms with Crippen LogP contribution in [0.25, 0.3) is 0 Å². The van der Waals surface area contributed by atoms with E-state index < -0.39 is 0 Å². The first-order valence-corrected chi connectivity index (χ1v) is 7.11. The first-order chi connectivity index (χ1) is 9.56. The van der Waals surface area contributed by atoms with Gasteiger partial charge in [0.25, 0.3) is 0 Å². The molecule has 20 heavy (non-hydrogen) atoms. The highest BCUT2D eigenvalue weighted by atomic mass is 35.5. The molecule has 3 rings (SSSR count). The lowest BCUT2D eigenvalue weighted by Crippen LogP contribution is -2.24. The molecule has 0 atom stereocenters. The summed E-state index contributed by atoms with van der Waals surface area (Å²) in [5, 5.41) is 3.24. The second kappa shape index (κ2) is 5.14. The third-order valence-corrected chi connectivity index (χ3v) is 3.96. The molecule has 5 nitrogen and oxygen atoms in total. The molecular formula is C14H17ClN2O3. The molecule has 2 aliphatic rings. The molecule has 0 aromatic heterocycles. The lowest BCUT2D eigenvalue weighted by molar-refractivity contribution is -0.116. The summed E-state index contributed by atoms with van der Waals surface area (Å²) in [7, 11) is 0. The number of ether oxygens (including phenoxy) is 2. The third kappa shape index (κ3) is 2.99. The van der Waals surface area contributed by atoms with Gasteiger partial charge in [0.05, 0.1) is 10.7 Å². The highest BCUT2D eigenvalue weighted by molar-refractivity contribution is 6.34. The number of nitrogens with two attached hydrogens (primary N) is 1. The summed E-state index contributed by atoms with van der Waals surface area (Å²) in [5.41, 5.74) is 6.39. The molecule has 0 spiro atoms. The van der Waals surface area contributed by atoms with Crippen LogP contribution in [0, 0.1) is 0 Å². The fraction of sp³-hybridized carbons (Fsp3) is 0.500. The lowest BCUT2D eigenvalue weighted by Gasteiger charge is -2.20. The van der Waals surface area contributed by atoms with Crippen molar-refractivity contribution in [3.8, 4) is 11.5 Å². The fourth-order valence-corrected chi connectivity index (χ4v) is 2.35. The topological polar surface area (TPSA) is 73.6 Å². The Hall–Kier alpha value is -1.46. The average Bonchev–Trinajstić information content (AvgIpc) is 3.16. The smallest absolute Gasteiger partial charge is 0.224 e. The van der Waals surface area contributed by atoms with E-state index in [2.05, 4.69) is 5.32 Å². The zero-order valence-electron chi connectivity index (χ0n) is 11.1. The predicted octanol–water partition coefficient (Wildman–Crippen LogP) is 2.32. The molecule has 6 heteroatoms. The minimum absolute atomic E-state index is 0.0831. The number of rotatable bonds is 4. The van der Waals surface area contributed by atoms with Gasteiger partial charge < -0.3 is 20.5 Å². The van der Waals surface area contributed by atoms with Crippen LogP contribution >= 0.6 is 11.6 Å². The molecule has 0 bridgehead atoms. The van der Waals surface area contributed by atoms with Crippen molar-refractivity contribution in [2.45, 2.75) is 31.2 Å². The number of anilines is 1. The van der Waals surface area contributed by atoms with Crippen LogP contribution in [0.1, 0.15) is 25.7 Å². The summed E-state index contributed by atoms with van der Waals surface area (Å²) < 4.78 is 10.9. The Bertz CT molecular complexity index is 543. The van der Waals surface area contributed by atoms with E-state index in [0.717, 1.165) is 12.8 Å². The van der Waals surface area contributed by atoms with Gasteiger partial charge in [-0.2, -0.15) is 0 Å². The normalized spacial score (nSPS) is 18.5. The van der Waals surface area contributed by atoms with Gasteiger partial charge in [-0.15, -0.1) is 0 Å². The SMILES string of the molecule is NC1(CCC(=O)Nc2cc3c(cc2Cl)OCCO3)CC1. The van der Waals surface area contributed by atoms with Crippen molar-refractivity contribution in [3.05, 3.63) is 17.2 Å². The number of amides is 1. The number of carbonyl (C=O) groups excluding carboxylic acids is 1. The van der Waals surface area contributed by atoms with Gasteiger partial charge in [-0.1, -0.05) is 11.6 Å². The highest BCUT2D eigenvalue weighted by Gasteiger charge is 2.37. The number of nitrogens with one attached hydrogen (secondary N) is 1. The molecule has 0 radical (unpaired) electrons. The van der Waals surface area contributed by atoms with Gasteiger partial charge in [-0.05, 0) is 19.3 Å². The Morgan fingerprint density at radius 3 is 2.60 bits per heavy atom. The molecule has 108 valence electrons. The Kier molecular flexibility index (Phi) is 3.48. The van der Waals surface area contributed by atoms with E-state index in [1.165, 1.54) is 0 Å². The maximum atomic E-state index is 11.9. The maximum Gasteiger partial charge on any atom is 0.224 e. The van der Waals surface area contributed by atoms with Crippen LogP contribution in [0.2, 0.25) is 5.02 Å². The third-order valence-electron chi connectivity index (χ3n) is 3.65. The summed E-state index contributed by atoms with van der Waals surface area (Å²) >= 11 is 6.13. The van der Waals surface area contributed by atoms with Gasteiger partial charge in [0.2, 0.25) is 5.91 Å². The van der Waals surface area contributed by atoms with Gasteiger partial charge in [0, 0.05) is 24.1 Å². The second-order valence-corrected chi connectivity index (χ2v) is 5.79. The minimum atomic E-state index is -0.117. The minimum Gasteiger partial charge on any atom is -0.486 e. The molecular weight excluding hydrogens is 280 g/mol. The Morgan fingerprint density at radius 2 is 1.95 bits per heavy atom. The van der Waals surface area contributed by atoms with Gasteiger partial charge in [0.1, 0.15) is 13.2 Å². The van der Waals surface area contributed by atoms with Gasteiger partial charge in [-0.3, -0.25) is 4.79 Å². The number of carbonyl (C=O) groups is 1. The fourth-order valence-electron chi connectivity index (χ4n) is 2.15. The van der Waals surface area contributed by atoms with Crippen molar-refractivity contribution in [1.29, 1.82) is 0 Å². The average molecular weight is 297 g/mol. The molecule has 1 fully saturated rings. The van der Waals surface area contributed by atoms with E-state index in [9.17, 15) is 4.79 Å². The number of benzene rings is 1. The van der Waals surface area contributed by atoms with Crippen molar-refractivity contribution in [2.24, 2.45) is 5.73 Å². The summed E-state index contributed by atoms with van der Waals surface area (Å²) in [5.74, 6) is 1.13. The van der Waals surface area contributed by atoms with Crippen molar-refractivity contribution in [3.63, 3.8) is 0 Å². The summed E-state index contributed by atoms with van der Waals surface area (Å²) in [6, 6.07) is 3.36. The van der Waals surface area contributed by atoms with Gasteiger partial charge in [0.15, 0.2) is 11.5 Å². The number of hydrogen-bond acceptors (Lipinski definition) is 4. The Balaban J connectivity index is 1.65. The Morgan fingerprint density at radius 1 is 1.30 bits per heavy atom. The van der Waals surface area contributed by atoms with E-state index >= 15 is 0 Å². The van der Waals surface area contributed by atoms with Gasteiger partial charge in [-0.25, -0.2) is 0 Å². The van der Waals surface area contributed by atoms with Crippen molar-refractivity contribution >= 4 is 23.2 Å². The van der Waals surface area contributed by atoms with Crippen LogP contribution < -0.4 is 20.5 Å². The van der Waals surface area contributed by atoms with E-state index in [0.29, 0.717) is 48.3 Å². The molecule has 1 saturated carbocycles. The van der Waals surface area contributed by atoms with E-state index in [-0.39, 0.29) is 11.4 Å². The molecule has 1 aliphatic carbocycles. The number of fused-ring (bicyclic) bond motifs is 1. The predicted molar refractivity (Wildman–Crippen MR) is 76.5 cm³/mol. The molecule has 1 heterocycles. The molecule has 1 aromatic rings. The van der Waals surface area contributed by atoms with Crippen LogP contribution in [0.3, 0.4) is 0 Å². The standard InChI is InChI=1S/C14H17ClN2O3/c15-9-7-11-12(20-6-5-19-11)8-10(9)17-13(18)1-2-14(16)3-4-14/h7-8H,1-6,16H2,(H,17,18).